The van der Waals surface area contributed by atoms with Gasteiger partial charge in [-0.3, -0.25) is 9.59 Å². The molecule has 162 valence electrons. The molecule has 1 atom stereocenters. The number of para-hydroxylation sites is 1. The van der Waals surface area contributed by atoms with Crippen molar-refractivity contribution < 1.29 is 22.7 Å². The first-order chi connectivity index (χ1) is 13.7. The molecule has 0 aliphatic carbocycles. The maximum absolute atomic E-state index is 12.9. The van der Waals surface area contributed by atoms with Crippen LogP contribution >= 0.6 is 11.6 Å². The van der Waals surface area contributed by atoms with Gasteiger partial charge in [-0.2, -0.15) is 0 Å². The highest BCUT2D eigenvalue weighted by atomic mass is 35.5. The fourth-order valence-electron chi connectivity index (χ4n) is 3.22. The lowest BCUT2D eigenvalue weighted by molar-refractivity contribution is -0.129. The van der Waals surface area contributed by atoms with Crippen LogP contribution < -0.4 is 10.1 Å². The van der Waals surface area contributed by atoms with E-state index in [1.165, 1.54) is 30.2 Å². The quantitative estimate of drug-likeness (QED) is 0.724. The molecule has 0 bridgehead atoms. The van der Waals surface area contributed by atoms with Crippen molar-refractivity contribution in [1.29, 1.82) is 0 Å². The van der Waals surface area contributed by atoms with Crippen molar-refractivity contribution in [3.05, 3.63) is 53.1 Å². The molecule has 0 unspecified atom stereocenters. The molecule has 2 aromatic carbocycles. The summed E-state index contributed by atoms with van der Waals surface area (Å²) in [4.78, 5) is 26.3. The summed E-state index contributed by atoms with van der Waals surface area (Å²) < 4.78 is 30.9. The lowest BCUT2D eigenvalue weighted by Crippen LogP contribution is -2.27. The number of sulfone groups is 1. The van der Waals surface area contributed by atoms with Crippen LogP contribution in [0.1, 0.15) is 24.2 Å². The first-order valence-electron chi connectivity index (χ1n) is 8.94. The summed E-state index contributed by atoms with van der Waals surface area (Å²) in [7, 11) is -0.727. The minimum absolute atomic E-state index is 0. The number of hydrogen-bond donors (Lipinski definition) is 1. The molecule has 1 saturated heterocycles. The number of carbonyl (C=O) groups is 2. The van der Waals surface area contributed by atoms with Gasteiger partial charge in [-0.15, -0.1) is 0 Å². The molecule has 1 fully saturated rings. The molecule has 1 heterocycles. The van der Waals surface area contributed by atoms with Crippen LogP contribution in [0.4, 0.5) is 5.69 Å². The van der Waals surface area contributed by atoms with Gasteiger partial charge in [-0.25, -0.2) is 8.42 Å². The fraction of sp³-hybridized carbons (Fsp3) is 0.333. The van der Waals surface area contributed by atoms with Crippen molar-refractivity contribution in [2.75, 3.05) is 31.8 Å². The predicted octanol–water partition coefficient (Wildman–Crippen LogP) is 3.49. The third-order valence-electron chi connectivity index (χ3n) is 4.86. The molecule has 1 aliphatic rings. The van der Waals surface area contributed by atoms with Gasteiger partial charge >= 0.3 is 0 Å². The molecular formula is C21H25ClN2O5S. The summed E-state index contributed by atoms with van der Waals surface area (Å²) in [6, 6.07) is 10.8. The van der Waals surface area contributed by atoms with E-state index < -0.39 is 21.7 Å². The average molecular weight is 453 g/mol. The fourth-order valence-corrected chi connectivity index (χ4v) is 5.01. The SMILES string of the molecule is C.COc1ccc(S(=O)(=O)C[C@@H]2CCN(C)C2=O)cc1C(=O)Nc1ccccc1Cl. The topological polar surface area (TPSA) is 92.8 Å². The minimum atomic E-state index is -3.77. The Hall–Kier alpha value is -2.58. The van der Waals surface area contributed by atoms with E-state index in [9.17, 15) is 18.0 Å². The summed E-state index contributed by atoms with van der Waals surface area (Å²) >= 11 is 6.08. The molecule has 1 N–H and O–H groups in total. The second-order valence-corrected chi connectivity index (χ2v) is 9.26. The Kier molecular flexibility index (Phi) is 7.49. The number of hydrogen-bond acceptors (Lipinski definition) is 5. The number of carbonyl (C=O) groups excluding carboxylic acids is 2. The van der Waals surface area contributed by atoms with Crippen molar-refractivity contribution in [1.82, 2.24) is 4.90 Å². The van der Waals surface area contributed by atoms with Gasteiger partial charge in [0, 0.05) is 13.6 Å². The van der Waals surface area contributed by atoms with Gasteiger partial charge < -0.3 is 15.0 Å². The van der Waals surface area contributed by atoms with Crippen LogP contribution in [0.15, 0.2) is 47.4 Å². The van der Waals surface area contributed by atoms with Crippen LogP contribution in [0.5, 0.6) is 5.75 Å². The van der Waals surface area contributed by atoms with Gasteiger partial charge in [0.2, 0.25) is 5.91 Å². The van der Waals surface area contributed by atoms with Crippen LogP contribution in [0, 0.1) is 5.92 Å². The van der Waals surface area contributed by atoms with E-state index in [4.69, 9.17) is 16.3 Å². The molecule has 1 aliphatic heterocycles. The summed E-state index contributed by atoms with van der Waals surface area (Å²) in [6.45, 7) is 0.535. The molecule has 2 aromatic rings. The Morgan fingerprint density at radius 3 is 2.57 bits per heavy atom. The van der Waals surface area contributed by atoms with Gasteiger partial charge in [0.1, 0.15) is 5.75 Å². The highest BCUT2D eigenvalue weighted by Crippen LogP contribution is 2.28. The Morgan fingerprint density at radius 2 is 1.97 bits per heavy atom. The van der Waals surface area contributed by atoms with E-state index >= 15 is 0 Å². The van der Waals surface area contributed by atoms with E-state index in [1.807, 2.05) is 0 Å². The first-order valence-corrected chi connectivity index (χ1v) is 11.0. The van der Waals surface area contributed by atoms with E-state index in [2.05, 4.69) is 5.32 Å². The van der Waals surface area contributed by atoms with Crippen molar-refractivity contribution in [2.24, 2.45) is 5.92 Å². The Morgan fingerprint density at radius 1 is 1.27 bits per heavy atom. The van der Waals surface area contributed by atoms with E-state index in [0.717, 1.165) is 0 Å². The maximum Gasteiger partial charge on any atom is 0.259 e. The molecule has 0 radical (unpaired) electrons. The molecule has 0 saturated carbocycles. The normalized spacial score (nSPS) is 16.2. The first kappa shape index (κ1) is 23.7. The van der Waals surface area contributed by atoms with E-state index in [-0.39, 0.29) is 35.3 Å². The third kappa shape index (κ3) is 4.94. The van der Waals surface area contributed by atoms with Crippen molar-refractivity contribution in [2.45, 2.75) is 18.7 Å². The standard InChI is InChI=1S/C20H21ClN2O5S.CH4/c1-23-10-9-13(20(23)25)12-29(26,27)14-7-8-18(28-2)15(11-14)19(24)22-17-6-4-3-5-16(17)21;/h3-8,11,13H,9-10,12H2,1-2H3,(H,22,24);1H4/t13-;/m0./s1. The summed E-state index contributed by atoms with van der Waals surface area (Å²) in [6.07, 6.45) is 0.491. The molecule has 7 nitrogen and oxygen atoms in total. The molecule has 0 spiro atoms. The Bertz CT molecular complexity index is 1060. The van der Waals surface area contributed by atoms with Gasteiger partial charge in [0.05, 0.1) is 39.9 Å². The number of methoxy groups -OCH3 is 1. The van der Waals surface area contributed by atoms with Gasteiger partial charge in [-0.1, -0.05) is 31.2 Å². The van der Waals surface area contributed by atoms with Crippen molar-refractivity contribution in [3.63, 3.8) is 0 Å². The predicted molar refractivity (Wildman–Crippen MR) is 117 cm³/mol. The van der Waals surface area contributed by atoms with Gasteiger partial charge in [0.25, 0.3) is 5.91 Å². The zero-order valence-corrected chi connectivity index (χ0v) is 17.6. The van der Waals surface area contributed by atoms with E-state index in [0.29, 0.717) is 23.7 Å². The number of ether oxygens (including phenoxy) is 1. The Balaban J connectivity index is 0.00000320. The van der Waals surface area contributed by atoms with Crippen LogP contribution in [0.2, 0.25) is 5.02 Å². The van der Waals surface area contributed by atoms with E-state index in [1.54, 1.807) is 31.3 Å². The highest BCUT2D eigenvalue weighted by molar-refractivity contribution is 7.91. The minimum Gasteiger partial charge on any atom is -0.496 e. The van der Waals surface area contributed by atoms with Crippen LogP contribution in [-0.2, 0) is 14.6 Å². The number of nitrogens with one attached hydrogen (secondary N) is 1. The lowest BCUT2D eigenvalue weighted by atomic mass is 10.1. The second-order valence-electron chi connectivity index (χ2n) is 6.82. The second kappa shape index (κ2) is 9.49. The summed E-state index contributed by atoms with van der Waals surface area (Å²) in [5.41, 5.74) is 0.456. The highest BCUT2D eigenvalue weighted by Gasteiger charge is 2.34. The Labute approximate surface area is 181 Å². The van der Waals surface area contributed by atoms with Gasteiger partial charge in [-0.05, 0) is 36.8 Å². The number of anilines is 1. The third-order valence-corrected chi connectivity index (χ3v) is 7.00. The molecule has 30 heavy (non-hydrogen) atoms. The van der Waals surface area contributed by atoms with Crippen LogP contribution in [0.3, 0.4) is 0 Å². The number of nitrogens with zero attached hydrogens (tertiary/aromatic N) is 1. The number of benzene rings is 2. The summed E-state index contributed by atoms with van der Waals surface area (Å²) in [5, 5.41) is 3.01. The molecule has 3 rings (SSSR count). The monoisotopic (exact) mass is 452 g/mol. The number of likely N-dealkylation sites (tertiary alicyclic amines) is 1. The number of rotatable bonds is 6. The largest absolute Gasteiger partial charge is 0.496 e. The van der Waals surface area contributed by atoms with Crippen molar-refractivity contribution >= 4 is 38.9 Å². The lowest BCUT2D eigenvalue weighted by Gasteiger charge is -2.14. The zero-order valence-electron chi connectivity index (χ0n) is 16.0. The number of amides is 2. The smallest absolute Gasteiger partial charge is 0.259 e. The maximum atomic E-state index is 12.9. The zero-order chi connectivity index (χ0) is 21.2. The van der Waals surface area contributed by atoms with Crippen LogP contribution in [-0.4, -0.2) is 51.6 Å². The molecule has 2 amide bonds. The van der Waals surface area contributed by atoms with Gasteiger partial charge in [0.15, 0.2) is 9.84 Å². The molecule has 9 heteroatoms. The van der Waals surface area contributed by atoms with Crippen LogP contribution in [0.25, 0.3) is 0 Å². The van der Waals surface area contributed by atoms with Crippen molar-refractivity contribution in [3.8, 4) is 5.75 Å². The average Bonchev–Trinajstić information content (AvgIpc) is 3.00. The molecule has 0 aromatic heterocycles. The summed E-state index contributed by atoms with van der Waals surface area (Å²) in [5.74, 6) is -1.38. The number of halogens is 1. The molecular weight excluding hydrogens is 428 g/mol.